The zero-order valence-electron chi connectivity index (χ0n) is 10.6. The van der Waals surface area contributed by atoms with E-state index in [2.05, 4.69) is 29.6 Å². The Morgan fingerprint density at radius 1 is 1.50 bits per heavy atom. The maximum absolute atomic E-state index is 8.75. The smallest absolute Gasteiger partial charge is 0.100 e. The second kappa shape index (κ2) is 5.80. The van der Waals surface area contributed by atoms with Gasteiger partial charge >= 0.3 is 0 Å². The Bertz CT molecular complexity index is 562. The molecule has 1 N–H and O–H groups in total. The molecule has 0 aromatic carbocycles. The third kappa shape index (κ3) is 2.97. The zero-order valence-corrected chi connectivity index (χ0v) is 11.4. The summed E-state index contributed by atoms with van der Waals surface area (Å²) in [5, 5.41) is 18.4. The monoisotopic (exact) mass is 260 g/mol. The maximum atomic E-state index is 8.75. The predicted octanol–water partition coefficient (Wildman–Crippen LogP) is 2.21. The Morgan fingerprint density at radius 2 is 2.33 bits per heavy atom. The molecule has 0 aliphatic carbocycles. The first-order valence-electron chi connectivity index (χ1n) is 5.92. The number of hydrogen-bond acceptors (Lipinski definition) is 4. The fraction of sp³-hybridized carbons (Fsp3) is 0.385. The van der Waals surface area contributed by atoms with Crippen LogP contribution in [0.4, 0.5) is 0 Å². The normalized spacial score (nSPS) is 10.5. The van der Waals surface area contributed by atoms with Crippen LogP contribution in [0.2, 0.25) is 0 Å². The number of nitriles is 1. The van der Waals surface area contributed by atoms with E-state index in [9.17, 15) is 0 Å². The van der Waals surface area contributed by atoms with Crippen LogP contribution in [0.1, 0.15) is 28.6 Å². The molecule has 0 saturated heterocycles. The van der Waals surface area contributed by atoms with Gasteiger partial charge < -0.3 is 5.32 Å². The van der Waals surface area contributed by atoms with E-state index in [1.54, 1.807) is 11.3 Å². The fourth-order valence-corrected chi connectivity index (χ4v) is 2.66. The van der Waals surface area contributed by atoms with Gasteiger partial charge in [0.2, 0.25) is 0 Å². The molecule has 0 unspecified atom stereocenters. The van der Waals surface area contributed by atoms with E-state index >= 15 is 0 Å². The van der Waals surface area contributed by atoms with E-state index in [4.69, 9.17) is 5.26 Å². The van der Waals surface area contributed by atoms with E-state index in [1.165, 1.54) is 10.4 Å². The average Bonchev–Trinajstić information content (AvgIpc) is 2.96. The molecule has 2 rings (SSSR count). The molecule has 2 aromatic heterocycles. The standard InChI is InChI=1S/C13H16N4S/c1-3-13-11(8-17(2)16-13)6-15-7-12-4-10(5-14)9-18-12/h4,8-9,15H,3,6-7H2,1-2H3. The number of aryl methyl sites for hydroxylation is 2. The molecule has 0 radical (unpaired) electrons. The van der Waals surface area contributed by atoms with Crippen molar-refractivity contribution < 1.29 is 0 Å². The van der Waals surface area contributed by atoms with E-state index in [1.807, 2.05) is 23.2 Å². The van der Waals surface area contributed by atoms with Crippen molar-refractivity contribution >= 4 is 11.3 Å². The Labute approximate surface area is 111 Å². The molecule has 0 atom stereocenters. The van der Waals surface area contributed by atoms with E-state index in [-0.39, 0.29) is 0 Å². The molecule has 0 spiro atoms. The Kier molecular flexibility index (Phi) is 4.13. The second-order valence-corrected chi connectivity index (χ2v) is 5.14. The van der Waals surface area contributed by atoms with Crippen molar-refractivity contribution in [2.24, 2.45) is 7.05 Å². The van der Waals surface area contributed by atoms with Crippen LogP contribution in [-0.2, 0) is 26.6 Å². The third-order valence-corrected chi connectivity index (χ3v) is 3.66. The lowest BCUT2D eigenvalue weighted by Crippen LogP contribution is -2.12. The highest BCUT2D eigenvalue weighted by Crippen LogP contribution is 2.14. The summed E-state index contributed by atoms with van der Waals surface area (Å²) >= 11 is 1.62. The molecular formula is C13H16N4S. The summed E-state index contributed by atoms with van der Waals surface area (Å²) in [5.41, 5.74) is 3.14. The number of rotatable bonds is 5. The van der Waals surface area contributed by atoms with Crippen LogP contribution in [0.15, 0.2) is 17.6 Å². The SMILES string of the molecule is CCc1nn(C)cc1CNCc1cc(C#N)cs1. The minimum atomic E-state index is 0.743. The lowest BCUT2D eigenvalue weighted by Gasteiger charge is -2.02. The van der Waals surface area contributed by atoms with Crippen molar-refractivity contribution in [1.82, 2.24) is 15.1 Å². The third-order valence-electron chi connectivity index (χ3n) is 2.72. The highest BCUT2D eigenvalue weighted by atomic mass is 32.1. The van der Waals surface area contributed by atoms with Crippen molar-refractivity contribution in [2.75, 3.05) is 0 Å². The van der Waals surface area contributed by atoms with Crippen LogP contribution < -0.4 is 5.32 Å². The van der Waals surface area contributed by atoms with Crippen LogP contribution in [0.25, 0.3) is 0 Å². The minimum Gasteiger partial charge on any atom is -0.308 e. The van der Waals surface area contributed by atoms with Crippen LogP contribution >= 0.6 is 11.3 Å². The quantitative estimate of drug-likeness (QED) is 0.896. The molecule has 0 amide bonds. The van der Waals surface area contributed by atoms with Gasteiger partial charge in [-0.3, -0.25) is 4.68 Å². The van der Waals surface area contributed by atoms with Gasteiger partial charge in [0.1, 0.15) is 6.07 Å². The van der Waals surface area contributed by atoms with Crippen molar-refractivity contribution in [3.8, 4) is 6.07 Å². The summed E-state index contributed by atoms with van der Waals surface area (Å²) in [6.45, 7) is 3.73. The highest BCUT2D eigenvalue weighted by molar-refractivity contribution is 7.10. The molecule has 2 aromatic rings. The van der Waals surface area contributed by atoms with Gasteiger partial charge in [-0.15, -0.1) is 11.3 Å². The lowest BCUT2D eigenvalue weighted by atomic mass is 10.2. The summed E-state index contributed by atoms with van der Waals surface area (Å²) in [4.78, 5) is 1.19. The van der Waals surface area contributed by atoms with E-state index in [0.29, 0.717) is 0 Å². The minimum absolute atomic E-state index is 0.743. The Hall–Kier alpha value is -1.64. The molecule has 94 valence electrons. The number of aromatic nitrogens is 2. The van der Waals surface area contributed by atoms with Crippen LogP contribution in [0.3, 0.4) is 0 Å². The van der Waals surface area contributed by atoms with Crippen LogP contribution in [0.5, 0.6) is 0 Å². The Balaban J connectivity index is 1.90. The first-order chi connectivity index (χ1) is 8.72. The number of nitrogens with one attached hydrogen (secondary N) is 1. The number of nitrogens with zero attached hydrogens (tertiary/aromatic N) is 3. The van der Waals surface area contributed by atoms with Gasteiger partial charge in [-0.1, -0.05) is 6.92 Å². The molecule has 4 nitrogen and oxygen atoms in total. The van der Waals surface area contributed by atoms with E-state index in [0.717, 1.165) is 30.8 Å². The first kappa shape index (κ1) is 12.8. The molecule has 0 aliphatic heterocycles. The molecule has 0 aliphatic rings. The van der Waals surface area contributed by atoms with Gasteiger partial charge in [0.15, 0.2) is 0 Å². The first-order valence-corrected chi connectivity index (χ1v) is 6.80. The summed E-state index contributed by atoms with van der Waals surface area (Å²) in [7, 11) is 1.95. The summed E-state index contributed by atoms with van der Waals surface area (Å²) in [6, 6.07) is 4.08. The van der Waals surface area contributed by atoms with Crippen LogP contribution in [0, 0.1) is 11.3 Å². The predicted molar refractivity (Wildman–Crippen MR) is 72.2 cm³/mol. The largest absolute Gasteiger partial charge is 0.308 e. The number of hydrogen-bond donors (Lipinski definition) is 1. The molecule has 2 heterocycles. The molecule has 0 bridgehead atoms. The van der Waals surface area contributed by atoms with Gasteiger partial charge in [-0.25, -0.2) is 0 Å². The summed E-state index contributed by atoms with van der Waals surface area (Å²) in [6.07, 6.45) is 3.01. The topological polar surface area (TPSA) is 53.6 Å². The fourth-order valence-electron chi connectivity index (χ4n) is 1.88. The highest BCUT2D eigenvalue weighted by Gasteiger charge is 2.05. The summed E-state index contributed by atoms with van der Waals surface area (Å²) < 4.78 is 1.86. The van der Waals surface area contributed by atoms with Gasteiger partial charge in [-0.05, 0) is 12.5 Å². The number of thiophene rings is 1. The van der Waals surface area contributed by atoms with Crippen molar-refractivity contribution in [2.45, 2.75) is 26.4 Å². The van der Waals surface area contributed by atoms with Crippen molar-refractivity contribution in [1.29, 1.82) is 5.26 Å². The van der Waals surface area contributed by atoms with E-state index < -0.39 is 0 Å². The van der Waals surface area contributed by atoms with Gasteiger partial charge in [0, 0.05) is 42.2 Å². The Morgan fingerprint density at radius 3 is 3.00 bits per heavy atom. The molecule has 0 fully saturated rings. The van der Waals surface area contributed by atoms with Crippen molar-refractivity contribution in [3.63, 3.8) is 0 Å². The van der Waals surface area contributed by atoms with Gasteiger partial charge in [0.05, 0.1) is 11.3 Å². The molecule has 0 saturated carbocycles. The summed E-state index contributed by atoms with van der Waals surface area (Å²) in [5.74, 6) is 0. The van der Waals surface area contributed by atoms with Crippen molar-refractivity contribution in [3.05, 3.63) is 39.3 Å². The van der Waals surface area contributed by atoms with Crippen LogP contribution in [-0.4, -0.2) is 9.78 Å². The molecule has 5 heteroatoms. The maximum Gasteiger partial charge on any atom is 0.100 e. The second-order valence-electron chi connectivity index (χ2n) is 4.15. The average molecular weight is 260 g/mol. The molecular weight excluding hydrogens is 244 g/mol. The van der Waals surface area contributed by atoms with Gasteiger partial charge in [0.25, 0.3) is 0 Å². The van der Waals surface area contributed by atoms with Gasteiger partial charge in [-0.2, -0.15) is 10.4 Å². The lowest BCUT2D eigenvalue weighted by molar-refractivity contribution is 0.695. The zero-order chi connectivity index (χ0) is 13.0. The molecule has 18 heavy (non-hydrogen) atoms.